The molecule has 1 aliphatic carbocycles. The predicted molar refractivity (Wildman–Crippen MR) is 104 cm³/mol. The lowest BCUT2D eigenvalue weighted by Gasteiger charge is -2.31. The van der Waals surface area contributed by atoms with Gasteiger partial charge in [-0.1, -0.05) is 0 Å². The van der Waals surface area contributed by atoms with Gasteiger partial charge in [0.15, 0.2) is 6.61 Å². The molecule has 0 atom stereocenters. The first-order valence-electron chi connectivity index (χ1n) is 9.55. The van der Waals surface area contributed by atoms with E-state index in [-0.39, 0.29) is 17.8 Å². The van der Waals surface area contributed by atoms with E-state index in [1.807, 2.05) is 6.07 Å². The molecule has 29 heavy (non-hydrogen) atoms. The summed E-state index contributed by atoms with van der Waals surface area (Å²) >= 11 is 0. The van der Waals surface area contributed by atoms with Gasteiger partial charge in [-0.25, -0.2) is 18.1 Å². The minimum absolute atomic E-state index is 0.0688. The Bertz CT molecular complexity index is 956. The second-order valence-corrected chi connectivity index (χ2v) is 11.0. The number of nitrogens with zero attached hydrogens (tertiary/aromatic N) is 1. The standard InChI is InChI=1S/C19H26F3N3O3S/c1-18(2,3)29(26,27)25-13-6-4-12(5-7-13)15-10-16-14(23-15)8-9-17(24-16)28-11-19(20,21)22/h8-10,12-13,23,25H,4-7,11H2,1-3H3/t12-,13-. The van der Waals surface area contributed by atoms with Crippen LogP contribution in [-0.4, -0.2) is 42.0 Å². The van der Waals surface area contributed by atoms with E-state index in [2.05, 4.69) is 14.7 Å². The number of halogens is 3. The molecule has 0 saturated heterocycles. The van der Waals surface area contributed by atoms with Crippen LogP contribution in [0.25, 0.3) is 11.0 Å². The van der Waals surface area contributed by atoms with Gasteiger partial charge in [-0.15, -0.1) is 0 Å². The lowest BCUT2D eigenvalue weighted by atomic mass is 9.84. The van der Waals surface area contributed by atoms with Gasteiger partial charge in [0.1, 0.15) is 0 Å². The van der Waals surface area contributed by atoms with E-state index in [1.54, 1.807) is 26.8 Å². The molecule has 0 spiro atoms. The molecule has 2 aromatic rings. The van der Waals surface area contributed by atoms with E-state index in [1.165, 1.54) is 6.07 Å². The SMILES string of the molecule is CC(C)(C)S(=O)(=O)N[C@H]1CC[C@H](c2cc3nc(OCC(F)(F)F)ccc3[nH]2)CC1. The molecule has 6 nitrogen and oxygen atoms in total. The van der Waals surface area contributed by atoms with Gasteiger partial charge in [0.25, 0.3) is 0 Å². The average molecular weight is 433 g/mol. The summed E-state index contributed by atoms with van der Waals surface area (Å²) in [6.07, 6.45) is -1.35. The summed E-state index contributed by atoms with van der Waals surface area (Å²) in [4.78, 5) is 7.41. The van der Waals surface area contributed by atoms with E-state index in [4.69, 9.17) is 4.74 Å². The van der Waals surface area contributed by atoms with Gasteiger partial charge in [-0.05, 0) is 64.5 Å². The zero-order chi connectivity index (χ0) is 21.4. The Balaban J connectivity index is 1.63. The molecule has 0 bridgehead atoms. The number of nitrogens with one attached hydrogen (secondary N) is 2. The molecule has 2 heterocycles. The summed E-state index contributed by atoms with van der Waals surface area (Å²) in [6.45, 7) is 3.64. The van der Waals surface area contributed by atoms with Crippen molar-refractivity contribution in [2.45, 2.75) is 69.3 Å². The van der Waals surface area contributed by atoms with Crippen molar-refractivity contribution in [2.24, 2.45) is 0 Å². The van der Waals surface area contributed by atoms with Crippen LogP contribution in [0.15, 0.2) is 18.2 Å². The summed E-state index contributed by atoms with van der Waals surface area (Å²) in [7, 11) is -3.38. The molecular formula is C19H26F3N3O3S. The highest BCUT2D eigenvalue weighted by molar-refractivity contribution is 7.90. The number of pyridine rings is 1. The monoisotopic (exact) mass is 433 g/mol. The first-order chi connectivity index (χ1) is 13.3. The Kier molecular flexibility index (Phi) is 5.88. The van der Waals surface area contributed by atoms with Crippen LogP contribution < -0.4 is 9.46 Å². The van der Waals surface area contributed by atoms with Crippen LogP contribution >= 0.6 is 0 Å². The van der Waals surface area contributed by atoms with E-state index < -0.39 is 27.6 Å². The van der Waals surface area contributed by atoms with Crippen molar-refractivity contribution < 1.29 is 26.3 Å². The van der Waals surface area contributed by atoms with Crippen molar-refractivity contribution >= 4 is 21.1 Å². The number of fused-ring (bicyclic) bond motifs is 1. The van der Waals surface area contributed by atoms with Crippen LogP contribution in [0.4, 0.5) is 13.2 Å². The van der Waals surface area contributed by atoms with E-state index >= 15 is 0 Å². The summed E-state index contributed by atoms with van der Waals surface area (Å²) in [5.41, 5.74) is 2.24. The summed E-state index contributed by atoms with van der Waals surface area (Å²) in [5.74, 6) is 0.153. The molecule has 0 amide bonds. The van der Waals surface area contributed by atoms with E-state index in [0.717, 1.165) is 36.9 Å². The third kappa shape index (κ3) is 5.42. The zero-order valence-electron chi connectivity index (χ0n) is 16.6. The van der Waals surface area contributed by atoms with Gasteiger partial charge >= 0.3 is 6.18 Å². The topological polar surface area (TPSA) is 84.1 Å². The zero-order valence-corrected chi connectivity index (χ0v) is 17.5. The minimum atomic E-state index is -4.41. The maximum absolute atomic E-state index is 12.3. The van der Waals surface area contributed by atoms with Gasteiger partial charge in [0.2, 0.25) is 15.9 Å². The Morgan fingerprint density at radius 3 is 2.41 bits per heavy atom. The van der Waals surface area contributed by atoms with Crippen LogP contribution in [0.2, 0.25) is 0 Å². The van der Waals surface area contributed by atoms with Crippen LogP contribution in [0, 0.1) is 0 Å². The maximum Gasteiger partial charge on any atom is 0.422 e. The molecular weight excluding hydrogens is 407 g/mol. The Labute approximate surface area is 168 Å². The Morgan fingerprint density at radius 1 is 1.17 bits per heavy atom. The molecule has 0 unspecified atom stereocenters. The first-order valence-corrected chi connectivity index (χ1v) is 11.0. The first kappa shape index (κ1) is 21.9. The number of hydrogen-bond donors (Lipinski definition) is 2. The quantitative estimate of drug-likeness (QED) is 0.738. The number of sulfonamides is 1. The molecule has 3 rings (SSSR count). The maximum atomic E-state index is 12.3. The van der Waals surface area contributed by atoms with E-state index in [9.17, 15) is 21.6 Å². The van der Waals surface area contributed by atoms with Gasteiger partial charge in [-0.3, -0.25) is 0 Å². The Hall–Kier alpha value is -1.81. The van der Waals surface area contributed by atoms with Crippen LogP contribution in [-0.2, 0) is 10.0 Å². The van der Waals surface area contributed by atoms with Crippen molar-refractivity contribution in [3.8, 4) is 5.88 Å². The van der Waals surface area contributed by atoms with Gasteiger partial charge < -0.3 is 9.72 Å². The van der Waals surface area contributed by atoms with Crippen molar-refractivity contribution in [1.29, 1.82) is 0 Å². The second-order valence-electron chi connectivity index (χ2n) is 8.49. The number of alkyl halides is 3. The third-order valence-electron chi connectivity index (χ3n) is 5.15. The molecule has 1 fully saturated rings. The number of hydrogen-bond acceptors (Lipinski definition) is 4. The number of rotatable bonds is 5. The van der Waals surface area contributed by atoms with Crippen molar-refractivity contribution in [1.82, 2.24) is 14.7 Å². The van der Waals surface area contributed by atoms with Crippen molar-refractivity contribution in [3.05, 3.63) is 23.9 Å². The van der Waals surface area contributed by atoms with E-state index in [0.29, 0.717) is 5.52 Å². The number of aromatic amines is 1. The summed E-state index contributed by atoms with van der Waals surface area (Å²) < 4.78 is 68.2. The largest absolute Gasteiger partial charge is 0.468 e. The van der Waals surface area contributed by atoms with Gasteiger partial charge in [0, 0.05) is 17.8 Å². The highest BCUT2D eigenvalue weighted by Gasteiger charge is 2.33. The fourth-order valence-electron chi connectivity index (χ4n) is 3.39. The predicted octanol–water partition coefficient (Wildman–Crippen LogP) is 4.25. The fraction of sp³-hybridized carbons (Fsp3) is 0.632. The van der Waals surface area contributed by atoms with Crippen LogP contribution in [0.1, 0.15) is 58.1 Å². The number of ether oxygens (including phenoxy) is 1. The fourth-order valence-corrected chi connectivity index (χ4v) is 4.41. The average Bonchev–Trinajstić information content (AvgIpc) is 3.02. The molecule has 0 radical (unpaired) electrons. The smallest absolute Gasteiger partial charge is 0.422 e. The molecule has 2 aromatic heterocycles. The molecule has 0 aliphatic heterocycles. The molecule has 1 aliphatic rings. The second kappa shape index (κ2) is 7.79. The summed E-state index contributed by atoms with van der Waals surface area (Å²) in [6, 6.07) is 4.81. The lowest BCUT2D eigenvalue weighted by molar-refractivity contribution is -0.154. The lowest BCUT2D eigenvalue weighted by Crippen LogP contribution is -2.45. The minimum Gasteiger partial charge on any atom is -0.468 e. The Morgan fingerprint density at radius 2 is 1.83 bits per heavy atom. The number of H-pyrrole nitrogens is 1. The molecule has 162 valence electrons. The molecule has 1 saturated carbocycles. The van der Waals surface area contributed by atoms with Crippen LogP contribution in [0.3, 0.4) is 0 Å². The van der Waals surface area contributed by atoms with Crippen molar-refractivity contribution in [3.63, 3.8) is 0 Å². The number of aromatic nitrogens is 2. The molecule has 2 N–H and O–H groups in total. The molecule has 10 heteroatoms. The highest BCUT2D eigenvalue weighted by atomic mass is 32.2. The third-order valence-corrected chi connectivity index (χ3v) is 7.41. The van der Waals surface area contributed by atoms with Gasteiger partial charge in [0.05, 0.1) is 15.8 Å². The highest BCUT2D eigenvalue weighted by Crippen LogP contribution is 2.34. The van der Waals surface area contributed by atoms with Crippen molar-refractivity contribution in [2.75, 3.05) is 6.61 Å². The van der Waals surface area contributed by atoms with Crippen LogP contribution in [0.5, 0.6) is 5.88 Å². The van der Waals surface area contributed by atoms with Gasteiger partial charge in [-0.2, -0.15) is 13.2 Å². The summed E-state index contributed by atoms with van der Waals surface area (Å²) in [5, 5.41) is 0. The normalized spacial score (nSPS) is 21.4. The molecule has 0 aromatic carbocycles.